The molecule has 0 heteroatoms. The van der Waals surface area contributed by atoms with Crippen molar-refractivity contribution >= 4 is 0 Å². The highest BCUT2D eigenvalue weighted by Crippen LogP contribution is 2.41. The molecule has 0 amide bonds. The standard InChI is InChI=1S/C40H60/c1-31(19-13-21-33(3)25-27-37-35(5)23-15-29-39(37,7)8)17-11-12-18-32(2)20-14-22-34(4)26-28-38-36(6)24-16-30-40(38,9)10/h11-14,17-21,25-28,31-32,34H,15-16,22-24,29-30H2,1-10H3/b17-11+,18-12+,19-13+,20-14+,27-25+,28-26+,33-21+. The van der Waals surface area contributed by atoms with Gasteiger partial charge in [-0.25, -0.2) is 0 Å². The molecule has 2 aliphatic rings. The summed E-state index contributed by atoms with van der Waals surface area (Å²) in [5.74, 6) is 1.41. The first-order chi connectivity index (χ1) is 18.8. The Bertz CT molecular complexity index is 1080. The van der Waals surface area contributed by atoms with Gasteiger partial charge in [-0.05, 0) is 105 Å². The van der Waals surface area contributed by atoms with Crippen molar-refractivity contribution in [2.45, 2.75) is 114 Å². The SMILES string of the molecule is CC1=C(/C=C/C(C)=C/C=C/C(C)/C=C/C=C/C(C)/C=C/CC(C)/C=C/C2=C(C)CCCC2(C)C)C(C)(C)CCC1. The minimum atomic E-state index is 0.300. The van der Waals surface area contributed by atoms with Gasteiger partial charge >= 0.3 is 0 Å². The molecule has 3 atom stereocenters. The van der Waals surface area contributed by atoms with Gasteiger partial charge in [-0.2, -0.15) is 0 Å². The molecule has 0 radical (unpaired) electrons. The summed E-state index contributed by atoms with van der Waals surface area (Å²) < 4.78 is 0. The van der Waals surface area contributed by atoms with E-state index in [1.807, 2.05) is 0 Å². The van der Waals surface area contributed by atoms with E-state index in [2.05, 4.69) is 148 Å². The average Bonchev–Trinajstić information content (AvgIpc) is 2.85. The van der Waals surface area contributed by atoms with Crippen molar-refractivity contribution in [1.82, 2.24) is 0 Å². The summed E-state index contributed by atoms with van der Waals surface area (Å²) >= 11 is 0. The predicted octanol–water partition coefficient (Wildman–Crippen LogP) is 12.6. The molecule has 0 heterocycles. The first kappa shape index (κ1) is 33.9. The second kappa shape index (κ2) is 16.2. The molecule has 3 unspecified atom stereocenters. The van der Waals surface area contributed by atoms with Crippen LogP contribution in [0.25, 0.3) is 0 Å². The molecule has 0 N–H and O–H groups in total. The lowest BCUT2D eigenvalue weighted by Crippen LogP contribution is -2.19. The van der Waals surface area contributed by atoms with Gasteiger partial charge in [0.2, 0.25) is 0 Å². The third-order valence-electron chi connectivity index (χ3n) is 8.85. The summed E-state index contributed by atoms with van der Waals surface area (Å²) in [4.78, 5) is 0. The molecule has 0 aromatic rings. The van der Waals surface area contributed by atoms with Gasteiger partial charge in [0.05, 0.1) is 0 Å². The number of hydrogen-bond donors (Lipinski definition) is 0. The van der Waals surface area contributed by atoms with Crippen LogP contribution in [0.4, 0.5) is 0 Å². The molecule has 2 rings (SSSR count). The molecule has 0 saturated heterocycles. The normalized spacial score (nSPS) is 23.2. The Kier molecular flexibility index (Phi) is 13.7. The van der Waals surface area contributed by atoms with Crippen molar-refractivity contribution in [2.24, 2.45) is 28.6 Å². The van der Waals surface area contributed by atoms with Gasteiger partial charge in [-0.3, -0.25) is 0 Å². The predicted molar refractivity (Wildman–Crippen MR) is 181 cm³/mol. The minimum absolute atomic E-state index is 0.300. The summed E-state index contributed by atoms with van der Waals surface area (Å²) in [5, 5.41) is 0. The smallest absolute Gasteiger partial charge is 0.00756 e. The van der Waals surface area contributed by atoms with Crippen LogP contribution < -0.4 is 0 Å². The van der Waals surface area contributed by atoms with E-state index >= 15 is 0 Å². The van der Waals surface area contributed by atoms with Gasteiger partial charge in [-0.1, -0.05) is 144 Å². The van der Waals surface area contributed by atoms with Gasteiger partial charge < -0.3 is 0 Å². The van der Waals surface area contributed by atoms with Crippen molar-refractivity contribution in [3.8, 4) is 0 Å². The van der Waals surface area contributed by atoms with Crippen LogP contribution in [0, 0.1) is 28.6 Å². The van der Waals surface area contributed by atoms with Gasteiger partial charge in [0.1, 0.15) is 0 Å². The highest BCUT2D eigenvalue weighted by Gasteiger charge is 2.27. The molecule has 0 spiro atoms. The summed E-state index contributed by atoms with van der Waals surface area (Å²) in [7, 11) is 0. The average molecular weight is 541 g/mol. The molecule has 0 aromatic heterocycles. The number of hydrogen-bond acceptors (Lipinski definition) is 0. The highest BCUT2D eigenvalue weighted by molar-refractivity contribution is 5.37. The van der Waals surface area contributed by atoms with Crippen LogP contribution in [0.2, 0.25) is 0 Å². The molecule has 0 bridgehead atoms. The fourth-order valence-electron chi connectivity index (χ4n) is 6.13. The van der Waals surface area contributed by atoms with Gasteiger partial charge in [-0.15, -0.1) is 0 Å². The zero-order valence-electron chi connectivity index (χ0n) is 27.7. The molecular weight excluding hydrogens is 480 g/mol. The van der Waals surface area contributed by atoms with Gasteiger partial charge in [0.15, 0.2) is 0 Å². The van der Waals surface area contributed by atoms with Crippen LogP contribution in [-0.2, 0) is 0 Å². The van der Waals surface area contributed by atoms with Crippen molar-refractivity contribution in [2.75, 3.05) is 0 Å². The zero-order valence-corrected chi connectivity index (χ0v) is 27.7. The van der Waals surface area contributed by atoms with Crippen LogP contribution in [0.5, 0.6) is 0 Å². The van der Waals surface area contributed by atoms with Crippen molar-refractivity contribution in [3.63, 3.8) is 0 Å². The maximum absolute atomic E-state index is 2.42. The first-order valence-corrected chi connectivity index (χ1v) is 16.0. The number of rotatable bonds is 12. The lowest BCUT2D eigenvalue weighted by Gasteiger charge is -2.33. The van der Waals surface area contributed by atoms with Crippen LogP contribution in [0.1, 0.15) is 114 Å². The van der Waals surface area contributed by atoms with E-state index in [0.717, 1.165) is 6.42 Å². The molecule has 0 fully saturated rings. The summed E-state index contributed by atoms with van der Waals surface area (Å²) in [6.45, 7) is 23.2. The second-order valence-corrected chi connectivity index (χ2v) is 14.0. The van der Waals surface area contributed by atoms with Gasteiger partial charge in [0.25, 0.3) is 0 Å². The van der Waals surface area contributed by atoms with Gasteiger partial charge in [0, 0.05) is 0 Å². The Morgan fingerprint density at radius 3 is 1.75 bits per heavy atom. The largest absolute Gasteiger partial charge is 0.0874 e. The third-order valence-corrected chi connectivity index (χ3v) is 8.85. The monoisotopic (exact) mass is 540 g/mol. The molecule has 0 nitrogen and oxygen atoms in total. The first-order valence-electron chi connectivity index (χ1n) is 16.0. The van der Waals surface area contributed by atoms with E-state index < -0.39 is 0 Å². The minimum Gasteiger partial charge on any atom is -0.0874 e. The van der Waals surface area contributed by atoms with E-state index in [4.69, 9.17) is 0 Å². The van der Waals surface area contributed by atoms with Crippen molar-refractivity contribution in [3.05, 3.63) is 107 Å². The summed E-state index contributed by atoms with van der Waals surface area (Å²) in [6, 6.07) is 0. The Morgan fingerprint density at radius 1 is 0.700 bits per heavy atom. The molecule has 220 valence electrons. The second-order valence-electron chi connectivity index (χ2n) is 14.0. The van der Waals surface area contributed by atoms with Crippen LogP contribution in [-0.4, -0.2) is 0 Å². The van der Waals surface area contributed by atoms with E-state index in [-0.39, 0.29) is 0 Å². The zero-order chi connectivity index (χ0) is 29.8. The lowest BCUT2D eigenvalue weighted by molar-refractivity contribution is 0.376. The Balaban J connectivity index is 1.77. The van der Waals surface area contributed by atoms with E-state index in [9.17, 15) is 0 Å². The molecule has 40 heavy (non-hydrogen) atoms. The third kappa shape index (κ3) is 11.6. The molecular formula is C40H60. The van der Waals surface area contributed by atoms with Crippen LogP contribution >= 0.6 is 0 Å². The lowest BCUT2D eigenvalue weighted by atomic mass is 9.72. The fourth-order valence-corrected chi connectivity index (χ4v) is 6.13. The quantitative estimate of drug-likeness (QED) is 0.170. The van der Waals surface area contributed by atoms with Crippen molar-refractivity contribution < 1.29 is 0 Å². The molecule has 2 aliphatic carbocycles. The Morgan fingerprint density at radius 2 is 1.20 bits per heavy atom. The highest BCUT2D eigenvalue weighted by atomic mass is 14.3. The summed E-state index contributed by atoms with van der Waals surface area (Å²) in [6.07, 6.45) is 38.6. The maximum Gasteiger partial charge on any atom is -0.00756 e. The molecule has 0 aliphatic heterocycles. The molecule has 0 aromatic carbocycles. The van der Waals surface area contributed by atoms with Crippen LogP contribution in [0.15, 0.2) is 107 Å². The van der Waals surface area contributed by atoms with Crippen LogP contribution in [0.3, 0.4) is 0 Å². The number of allylic oxidation sites excluding steroid dienone is 18. The Hall–Kier alpha value is -2.34. The Labute approximate surface area is 249 Å². The summed E-state index contributed by atoms with van der Waals surface area (Å²) in [5.41, 5.74) is 8.15. The van der Waals surface area contributed by atoms with E-state index in [0.29, 0.717) is 28.6 Å². The van der Waals surface area contributed by atoms with Crippen molar-refractivity contribution in [1.29, 1.82) is 0 Å². The maximum atomic E-state index is 2.42. The van der Waals surface area contributed by atoms with E-state index in [1.54, 1.807) is 16.7 Å². The fraction of sp³-hybridized carbons (Fsp3) is 0.550. The topological polar surface area (TPSA) is 0 Å². The molecule has 0 saturated carbocycles. The van der Waals surface area contributed by atoms with E-state index in [1.165, 1.54) is 49.7 Å².